The molecule has 3 atom stereocenters. The SMILES string of the molecule is [B][C@H]1C[C@@H](O)[C@@H](C=O)O1. The number of hydrogen-bond donors (Lipinski definition) is 1. The van der Waals surface area contributed by atoms with E-state index in [0.717, 1.165) is 0 Å². The van der Waals surface area contributed by atoms with Gasteiger partial charge in [-0.15, -0.1) is 0 Å². The van der Waals surface area contributed by atoms with E-state index in [-0.39, 0.29) is 0 Å². The molecule has 0 saturated carbocycles. The Bertz CT molecular complexity index is 117. The van der Waals surface area contributed by atoms with Gasteiger partial charge < -0.3 is 14.6 Å². The Hall–Kier alpha value is -0.345. The fourth-order valence-electron chi connectivity index (χ4n) is 0.843. The largest absolute Gasteiger partial charge is 0.390 e. The fraction of sp³-hybridized carbons (Fsp3) is 0.800. The number of ether oxygens (including phenoxy) is 1. The van der Waals surface area contributed by atoms with Crippen LogP contribution < -0.4 is 0 Å². The van der Waals surface area contributed by atoms with Crippen LogP contribution in [-0.2, 0) is 9.53 Å². The summed E-state index contributed by atoms with van der Waals surface area (Å²) in [5.41, 5.74) is 0. The zero-order chi connectivity index (χ0) is 6.85. The van der Waals surface area contributed by atoms with E-state index in [0.29, 0.717) is 12.7 Å². The van der Waals surface area contributed by atoms with Crippen LogP contribution in [0.2, 0.25) is 0 Å². The second kappa shape index (κ2) is 2.50. The third-order valence-corrected chi connectivity index (χ3v) is 1.32. The molecule has 0 aromatic heterocycles. The van der Waals surface area contributed by atoms with E-state index in [4.69, 9.17) is 17.7 Å². The van der Waals surface area contributed by atoms with Crippen LogP contribution in [-0.4, -0.2) is 37.5 Å². The van der Waals surface area contributed by atoms with Crippen molar-refractivity contribution in [3.8, 4) is 0 Å². The first kappa shape index (κ1) is 6.77. The number of aldehydes is 1. The first-order valence-electron chi connectivity index (χ1n) is 2.78. The van der Waals surface area contributed by atoms with E-state index in [1.165, 1.54) is 0 Å². The highest BCUT2D eigenvalue weighted by atomic mass is 16.5. The van der Waals surface area contributed by atoms with Crippen molar-refractivity contribution in [3.63, 3.8) is 0 Å². The molecule has 1 aliphatic rings. The lowest BCUT2D eigenvalue weighted by Crippen LogP contribution is -2.21. The summed E-state index contributed by atoms with van der Waals surface area (Å²) < 4.78 is 4.78. The molecule has 0 aromatic rings. The first-order chi connectivity index (χ1) is 4.24. The van der Waals surface area contributed by atoms with Crippen LogP contribution in [0.4, 0.5) is 0 Å². The van der Waals surface area contributed by atoms with Crippen molar-refractivity contribution in [2.45, 2.75) is 24.6 Å². The van der Waals surface area contributed by atoms with Crippen molar-refractivity contribution >= 4 is 14.1 Å². The molecule has 1 fully saturated rings. The molecule has 0 spiro atoms. The highest BCUT2D eigenvalue weighted by Crippen LogP contribution is 2.15. The molecular weight excluding hydrogens is 119 g/mol. The van der Waals surface area contributed by atoms with Crippen molar-refractivity contribution in [2.24, 2.45) is 0 Å². The van der Waals surface area contributed by atoms with Gasteiger partial charge in [0, 0.05) is 6.00 Å². The van der Waals surface area contributed by atoms with E-state index in [9.17, 15) is 4.79 Å². The molecule has 1 saturated heterocycles. The van der Waals surface area contributed by atoms with Gasteiger partial charge >= 0.3 is 0 Å². The lowest BCUT2D eigenvalue weighted by Gasteiger charge is -2.03. The molecule has 0 bridgehead atoms. The second-order valence-corrected chi connectivity index (χ2v) is 2.08. The predicted molar refractivity (Wildman–Crippen MR) is 31.1 cm³/mol. The third-order valence-electron chi connectivity index (χ3n) is 1.32. The number of aliphatic hydroxyl groups excluding tert-OH is 1. The fourth-order valence-corrected chi connectivity index (χ4v) is 0.843. The van der Waals surface area contributed by atoms with Crippen molar-refractivity contribution < 1.29 is 14.6 Å². The number of aliphatic hydroxyl groups is 1. The zero-order valence-electron chi connectivity index (χ0n) is 4.86. The van der Waals surface area contributed by atoms with Gasteiger partial charge in [0.1, 0.15) is 14.0 Å². The summed E-state index contributed by atoms with van der Waals surface area (Å²) in [5, 5.41) is 8.92. The Kier molecular flexibility index (Phi) is 1.88. The topological polar surface area (TPSA) is 46.5 Å². The van der Waals surface area contributed by atoms with E-state index in [2.05, 4.69) is 0 Å². The van der Waals surface area contributed by atoms with Crippen LogP contribution in [0.25, 0.3) is 0 Å². The number of hydrogen-bond acceptors (Lipinski definition) is 3. The highest BCUT2D eigenvalue weighted by molar-refractivity contribution is 6.11. The molecule has 1 rings (SSSR count). The minimum absolute atomic E-state index is 0.351. The van der Waals surface area contributed by atoms with Gasteiger partial charge in [0.2, 0.25) is 0 Å². The molecule has 2 radical (unpaired) electrons. The van der Waals surface area contributed by atoms with Crippen molar-refractivity contribution in [3.05, 3.63) is 0 Å². The van der Waals surface area contributed by atoms with Gasteiger partial charge in [-0.1, -0.05) is 0 Å². The van der Waals surface area contributed by atoms with Crippen LogP contribution >= 0.6 is 0 Å². The smallest absolute Gasteiger partial charge is 0.151 e. The molecule has 3 nitrogen and oxygen atoms in total. The maximum Gasteiger partial charge on any atom is 0.151 e. The van der Waals surface area contributed by atoms with Crippen LogP contribution in [0.3, 0.4) is 0 Å². The molecule has 0 amide bonds. The van der Waals surface area contributed by atoms with E-state index in [1.807, 2.05) is 0 Å². The van der Waals surface area contributed by atoms with Crippen LogP contribution in [0.1, 0.15) is 6.42 Å². The number of carbonyl (C=O) groups excluding carboxylic acids is 1. The lowest BCUT2D eigenvalue weighted by molar-refractivity contribution is -0.119. The quantitative estimate of drug-likeness (QED) is 0.355. The molecular formula is C5H7BO3. The van der Waals surface area contributed by atoms with Gasteiger partial charge in [-0.3, -0.25) is 0 Å². The second-order valence-electron chi connectivity index (χ2n) is 2.08. The first-order valence-corrected chi connectivity index (χ1v) is 2.78. The average Bonchev–Trinajstić information content (AvgIpc) is 2.10. The summed E-state index contributed by atoms with van der Waals surface area (Å²) in [6, 6.07) is -0.477. The highest BCUT2D eigenvalue weighted by Gasteiger charge is 2.29. The lowest BCUT2D eigenvalue weighted by atomic mass is 9.96. The molecule has 4 heteroatoms. The van der Waals surface area contributed by atoms with E-state index < -0.39 is 18.2 Å². The van der Waals surface area contributed by atoms with Crippen molar-refractivity contribution in [1.29, 1.82) is 0 Å². The van der Waals surface area contributed by atoms with Gasteiger partial charge in [-0.2, -0.15) is 0 Å². The summed E-state index contributed by atoms with van der Waals surface area (Å²) in [5.74, 6) is 0. The third kappa shape index (κ3) is 1.31. The Morgan fingerprint density at radius 3 is 2.67 bits per heavy atom. The Labute approximate surface area is 54.4 Å². The van der Waals surface area contributed by atoms with Gasteiger partial charge in [0.25, 0.3) is 0 Å². The molecule has 0 aliphatic carbocycles. The van der Waals surface area contributed by atoms with Crippen LogP contribution in [0.15, 0.2) is 0 Å². The predicted octanol–water partition coefficient (Wildman–Crippen LogP) is -1.17. The standard InChI is InChI=1S/C5H7BO3/c6-5-1-3(8)4(2-7)9-5/h2-5,8H,1H2/t3-,4-,5-/m1/s1. The molecule has 0 unspecified atom stereocenters. The Balaban J connectivity index is 2.47. The normalized spacial score (nSPS) is 43.0. The summed E-state index contributed by atoms with van der Waals surface area (Å²) in [6.45, 7) is 0. The van der Waals surface area contributed by atoms with Crippen LogP contribution in [0.5, 0.6) is 0 Å². The summed E-state index contributed by atoms with van der Waals surface area (Å²) >= 11 is 0. The Morgan fingerprint density at radius 1 is 1.78 bits per heavy atom. The number of rotatable bonds is 1. The number of carbonyl (C=O) groups is 1. The Morgan fingerprint density at radius 2 is 2.44 bits per heavy atom. The van der Waals surface area contributed by atoms with E-state index >= 15 is 0 Å². The monoisotopic (exact) mass is 126 g/mol. The maximum atomic E-state index is 10.0. The summed E-state index contributed by atoms with van der Waals surface area (Å²) in [4.78, 5) is 10.0. The molecule has 1 N–H and O–H groups in total. The molecule has 0 aromatic carbocycles. The molecule has 9 heavy (non-hydrogen) atoms. The maximum absolute atomic E-state index is 10.0. The van der Waals surface area contributed by atoms with Crippen LogP contribution in [0, 0.1) is 0 Å². The summed E-state index contributed by atoms with van der Waals surface area (Å²) in [6.07, 6.45) is -0.501. The zero-order valence-corrected chi connectivity index (χ0v) is 4.86. The van der Waals surface area contributed by atoms with Crippen molar-refractivity contribution in [1.82, 2.24) is 0 Å². The van der Waals surface area contributed by atoms with Gasteiger partial charge in [0.05, 0.1) is 6.10 Å². The molecule has 48 valence electrons. The van der Waals surface area contributed by atoms with E-state index in [1.54, 1.807) is 0 Å². The minimum Gasteiger partial charge on any atom is -0.390 e. The molecule has 1 heterocycles. The summed E-state index contributed by atoms with van der Waals surface area (Å²) in [7, 11) is 5.25. The average molecular weight is 126 g/mol. The van der Waals surface area contributed by atoms with Gasteiger partial charge in [0.15, 0.2) is 6.29 Å². The molecule has 1 aliphatic heterocycles. The van der Waals surface area contributed by atoms with Crippen molar-refractivity contribution in [2.75, 3.05) is 0 Å². The van der Waals surface area contributed by atoms with Gasteiger partial charge in [-0.05, 0) is 6.42 Å². The van der Waals surface area contributed by atoms with Gasteiger partial charge in [-0.25, -0.2) is 0 Å². The minimum atomic E-state index is -0.711.